The predicted molar refractivity (Wildman–Crippen MR) is 131 cm³/mol. The van der Waals surface area contributed by atoms with E-state index in [0.29, 0.717) is 0 Å². The van der Waals surface area contributed by atoms with E-state index in [9.17, 15) is 104 Å². The summed E-state index contributed by atoms with van der Waals surface area (Å²) in [4.78, 5) is 31.2. The zero-order valence-corrected chi connectivity index (χ0v) is 25.3. The van der Waals surface area contributed by atoms with E-state index in [0.717, 1.165) is 0 Å². The molecule has 2 rings (SSSR count). The summed E-state index contributed by atoms with van der Waals surface area (Å²) in [6.45, 7) is 0. The molecule has 0 aliphatic heterocycles. The molecule has 0 N–H and O–H groups in total. The van der Waals surface area contributed by atoms with Crippen LogP contribution in [0.5, 0.6) is 0 Å². The quantitative estimate of drug-likeness (QED) is 0.0802. The van der Waals surface area contributed by atoms with Gasteiger partial charge >= 0.3 is 65.9 Å². The van der Waals surface area contributed by atoms with Gasteiger partial charge in [-0.25, -0.2) is 4.79 Å². The highest BCUT2D eigenvalue weighted by molar-refractivity contribution is 5.61. The van der Waals surface area contributed by atoms with Crippen LogP contribution in [-0.2, 0) is 9.47 Å². The van der Waals surface area contributed by atoms with E-state index in [-0.39, 0.29) is 48.5 Å². The number of nitro benzene ring substituents is 2. The number of nitrogens with zero attached hydrogens (tertiary/aromatic N) is 2. The van der Waals surface area contributed by atoms with Crippen LogP contribution in [0.3, 0.4) is 0 Å². The van der Waals surface area contributed by atoms with E-state index < -0.39 is 110 Å². The van der Waals surface area contributed by atoms with Crippen molar-refractivity contribution in [1.29, 1.82) is 0 Å². The zero-order valence-electron chi connectivity index (χ0n) is 25.3. The fraction of sp³-hybridized carbons (Fsp3) is 0.480. The maximum atomic E-state index is 15.2. The smallest absolute Gasteiger partial charge is 0.419 e. The number of carbonyl (C=O) groups excluding carboxylic acids is 1. The minimum Gasteiger partial charge on any atom is -0.419 e. The normalized spacial score (nSPS) is 15.5. The Hall–Kier alpha value is -5.03. The molecule has 0 aliphatic carbocycles. The second kappa shape index (κ2) is 14.2. The second-order valence-corrected chi connectivity index (χ2v) is 10.6. The van der Waals surface area contributed by atoms with Gasteiger partial charge < -0.3 is 9.47 Å². The molecule has 2 aromatic rings. The van der Waals surface area contributed by atoms with Gasteiger partial charge in [-0.1, -0.05) is 0 Å². The Morgan fingerprint density at radius 1 is 0.429 bits per heavy atom. The first-order valence-electron chi connectivity index (χ1n) is 13.2. The van der Waals surface area contributed by atoms with Crippen molar-refractivity contribution in [2.75, 3.05) is 0 Å². The predicted octanol–water partition coefficient (Wildman–Crippen LogP) is 10.6. The van der Waals surface area contributed by atoms with E-state index >= 15 is 17.6 Å². The van der Waals surface area contributed by atoms with Crippen LogP contribution in [-0.4, -0.2) is 75.7 Å². The first-order valence-corrected chi connectivity index (χ1v) is 13.2. The highest BCUT2D eigenvalue weighted by Crippen LogP contribution is 2.62. The van der Waals surface area contributed by atoms with Gasteiger partial charge in [0, 0.05) is 24.3 Å². The van der Waals surface area contributed by atoms with Crippen LogP contribution >= 0.6 is 0 Å². The summed E-state index contributed by atoms with van der Waals surface area (Å²) in [6, 6.07) is -1.94. The van der Waals surface area contributed by atoms with Gasteiger partial charge in [0.05, 0.1) is 9.85 Å². The summed E-state index contributed by atoms with van der Waals surface area (Å²) < 4.78 is 311. The molecule has 0 radical (unpaired) electrons. The molecular formula is C25H10F22N2O7. The van der Waals surface area contributed by atoms with Gasteiger partial charge in [-0.2, -0.15) is 96.6 Å². The highest BCUT2D eigenvalue weighted by Gasteiger charge is 2.90. The molecule has 2 atom stereocenters. The summed E-state index contributed by atoms with van der Waals surface area (Å²) in [6.07, 6.45) is -29.5. The Balaban J connectivity index is 2.89. The van der Waals surface area contributed by atoms with Crippen molar-refractivity contribution in [2.24, 2.45) is 0 Å². The summed E-state index contributed by atoms with van der Waals surface area (Å²) in [5.74, 6) is -64.4. The average Bonchev–Trinajstić information content (AvgIpc) is 3.04. The monoisotopic (exact) mass is 868 g/mol. The number of halogens is 22. The lowest BCUT2D eigenvalue weighted by molar-refractivity contribution is -0.431. The van der Waals surface area contributed by atoms with Gasteiger partial charge in [0.2, 0.25) is 12.2 Å². The molecule has 31 heteroatoms. The number of alkyl halides is 22. The lowest BCUT2D eigenvalue weighted by atomic mass is 9.91. The highest BCUT2D eigenvalue weighted by atomic mass is 19.4. The number of rotatable bonds is 14. The first-order chi connectivity index (χ1) is 24.7. The minimum absolute atomic E-state index is 0.120. The first kappa shape index (κ1) is 47.1. The van der Waals surface area contributed by atoms with Crippen LogP contribution in [0.2, 0.25) is 0 Å². The van der Waals surface area contributed by atoms with Crippen LogP contribution in [0.4, 0.5) is 113 Å². The van der Waals surface area contributed by atoms with Crippen molar-refractivity contribution in [3.05, 3.63) is 79.9 Å². The molecule has 2 aromatic carbocycles. The Labute approximate surface area is 291 Å². The third kappa shape index (κ3) is 7.45. The number of hydrogen-bond acceptors (Lipinski definition) is 7. The SMILES string of the molecule is O=C(OC(c1ccc([N+](=O)[O-])cc1)C(F)(F)C(F)(F)C(F)(F)C(F)(F)C(F)(F)F)OC(c1ccc([N+](=O)[O-])cc1)C(F)(F)C(F)(F)C(F)(F)C(F)(F)C(F)(F)F. The van der Waals surface area contributed by atoms with Crippen molar-refractivity contribution in [2.45, 2.75) is 71.9 Å². The molecule has 2 unspecified atom stereocenters. The molecular weight excluding hydrogens is 858 g/mol. The molecule has 0 spiro atoms. The third-order valence-corrected chi connectivity index (χ3v) is 7.03. The standard InChI is InChI=1S/C25H10F22N2O7/c26-16(27,18(30,31)20(34,35)22(38,39)24(42,43)44)13(9-1-5-11(6-2-9)48(51)52)55-15(50)56-14(10-3-7-12(8-4-10)49(53)54)17(28,29)19(32,33)21(36,37)23(40,41)25(45,46)47/h1-8,13-14H. The summed E-state index contributed by atoms with van der Waals surface area (Å²) >= 11 is 0. The molecule has 0 saturated carbocycles. The van der Waals surface area contributed by atoms with E-state index in [1.165, 1.54) is 0 Å². The van der Waals surface area contributed by atoms with Crippen LogP contribution in [0.15, 0.2) is 48.5 Å². The third-order valence-electron chi connectivity index (χ3n) is 7.03. The maximum Gasteiger partial charge on any atom is 0.509 e. The fourth-order valence-corrected chi connectivity index (χ4v) is 3.96. The summed E-state index contributed by atoms with van der Waals surface area (Å²) in [5, 5.41) is 21.7. The molecule has 0 aromatic heterocycles. The van der Waals surface area contributed by atoms with E-state index in [1.807, 2.05) is 0 Å². The maximum absolute atomic E-state index is 15.2. The van der Waals surface area contributed by atoms with E-state index in [4.69, 9.17) is 0 Å². The summed E-state index contributed by atoms with van der Waals surface area (Å²) in [7, 11) is 0. The van der Waals surface area contributed by atoms with Crippen molar-refractivity contribution in [1.82, 2.24) is 0 Å². The van der Waals surface area contributed by atoms with Crippen LogP contribution in [0, 0.1) is 20.2 Å². The number of nitro groups is 2. The lowest BCUT2D eigenvalue weighted by Crippen LogP contribution is -2.68. The fourth-order valence-electron chi connectivity index (χ4n) is 3.96. The van der Waals surface area contributed by atoms with Crippen LogP contribution in [0.25, 0.3) is 0 Å². The van der Waals surface area contributed by atoms with Crippen molar-refractivity contribution < 1.29 is 121 Å². The van der Waals surface area contributed by atoms with Crippen molar-refractivity contribution in [3.8, 4) is 0 Å². The van der Waals surface area contributed by atoms with Gasteiger partial charge in [-0.3, -0.25) is 20.2 Å². The van der Waals surface area contributed by atoms with Gasteiger partial charge in [-0.15, -0.1) is 0 Å². The van der Waals surface area contributed by atoms with Crippen molar-refractivity contribution in [3.63, 3.8) is 0 Å². The number of benzene rings is 2. The minimum atomic E-state index is -8.35. The van der Waals surface area contributed by atoms with Crippen LogP contribution < -0.4 is 0 Å². The molecule has 0 aliphatic rings. The number of ether oxygens (including phenoxy) is 2. The zero-order chi connectivity index (χ0) is 44.3. The van der Waals surface area contributed by atoms with Gasteiger partial charge in [0.25, 0.3) is 11.4 Å². The number of non-ortho nitro benzene ring substituents is 2. The average molecular weight is 868 g/mol. The largest absolute Gasteiger partial charge is 0.509 e. The Morgan fingerprint density at radius 2 is 0.661 bits per heavy atom. The molecule has 316 valence electrons. The molecule has 0 saturated heterocycles. The van der Waals surface area contributed by atoms with Crippen molar-refractivity contribution >= 4 is 17.5 Å². The van der Waals surface area contributed by atoms with Gasteiger partial charge in [0.1, 0.15) is 0 Å². The summed E-state index contributed by atoms with van der Waals surface area (Å²) in [5.41, 5.74) is -6.95. The molecule has 0 fully saturated rings. The molecule has 0 bridgehead atoms. The topological polar surface area (TPSA) is 122 Å². The Kier molecular flexibility index (Phi) is 11.9. The van der Waals surface area contributed by atoms with E-state index in [1.54, 1.807) is 0 Å². The molecule has 9 nitrogen and oxygen atoms in total. The Bertz CT molecular complexity index is 1650. The number of carbonyl (C=O) groups is 1. The van der Waals surface area contributed by atoms with Gasteiger partial charge in [0.15, 0.2) is 0 Å². The van der Waals surface area contributed by atoms with E-state index in [2.05, 4.69) is 9.47 Å². The van der Waals surface area contributed by atoms with Gasteiger partial charge in [-0.05, 0) is 35.4 Å². The molecule has 0 heterocycles. The molecule has 0 amide bonds. The lowest BCUT2D eigenvalue weighted by Gasteiger charge is -2.40. The second-order valence-electron chi connectivity index (χ2n) is 10.6. The molecule has 56 heavy (non-hydrogen) atoms. The number of hydrogen-bond donors (Lipinski definition) is 0. The Morgan fingerprint density at radius 3 is 0.857 bits per heavy atom. The van der Waals surface area contributed by atoms with Crippen LogP contribution in [0.1, 0.15) is 23.3 Å².